The van der Waals surface area contributed by atoms with Crippen molar-refractivity contribution < 1.29 is 19.0 Å². The summed E-state index contributed by atoms with van der Waals surface area (Å²) in [7, 11) is 6.89. The van der Waals surface area contributed by atoms with Crippen LogP contribution in [-0.4, -0.2) is 131 Å². The second-order valence-corrected chi connectivity index (χ2v) is 8.85. The highest BCUT2D eigenvalue weighted by atomic mass is 16.5. The first-order chi connectivity index (χ1) is 17.5. The van der Waals surface area contributed by atoms with Crippen LogP contribution in [0, 0.1) is 6.92 Å². The number of aryl methyl sites for hydroxylation is 1. The number of hydrogen-bond acceptors (Lipinski definition) is 9. The van der Waals surface area contributed by atoms with Crippen LogP contribution in [0.5, 0.6) is 0 Å². The van der Waals surface area contributed by atoms with Crippen LogP contribution in [0.2, 0.25) is 0 Å². The highest BCUT2D eigenvalue weighted by Gasteiger charge is 2.30. The maximum atomic E-state index is 12.5. The van der Waals surface area contributed by atoms with Crippen molar-refractivity contribution in [3.05, 3.63) is 11.5 Å². The van der Waals surface area contributed by atoms with Gasteiger partial charge in [-0.1, -0.05) is 0 Å². The fraction of sp³-hybridized carbons (Fsp3) is 0.708. The lowest BCUT2D eigenvalue weighted by Crippen LogP contribution is -2.49. The van der Waals surface area contributed by atoms with E-state index in [9.17, 15) is 4.79 Å². The largest absolute Gasteiger partial charge is 0.383 e. The van der Waals surface area contributed by atoms with Crippen molar-refractivity contribution in [2.75, 3.05) is 97.6 Å². The van der Waals surface area contributed by atoms with Gasteiger partial charge in [-0.05, 0) is 19.8 Å². The second kappa shape index (κ2) is 14.0. The molecule has 1 N–H and O–H groups in total. The topological polar surface area (TPSA) is 117 Å². The van der Waals surface area contributed by atoms with Gasteiger partial charge in [0.1, 0.15) is 17.2 Å². The first-order valence-corrected chi connectivity index (χ1v) is 12.4. The molecule has 200 valence electrons. The smallest absolute Gasteiger partial charge is 0.241 e. The number of rotatable bonds is 11. The van der Waals surface area contributed by atoms with Crippen LogP contribution >= 0.6 is 0 Å². The highest BCUT2D eigenvalue weighted by molar-refractivity contribution is 6.06. The molecule has 36 heavy (non-hydrogen) atoms. The number of methoxy groups -OCH3 is 3. The lowest BCUT2D eigenvalue weighted by atomic mass is 10.1. The molecule has 1 aromatic rings. The molecule has 0 radical (unpaired) electrons. The van der Waals surface area contributed by atoms with Crippen LogP contribution in [-0.2, 0) is 19.0 Å². The van der Waals surface area contributed by atoms with E-state index in [1.807, 2.05) is 18.9 Å². The van der Waals surface area contributed by atoms with Gasteiger partial charge in [0, 0.05) is 54.6 Å². The number of piperazine rings is 1. The minimum absolute atomic E-state index is 0.0504. The van der Waals surface area contributed by atoms with Crippen molar-refractivity contribution in [3.63, 3.8) is 0 Å². The van der Waals surface area contributed by atoms with E-state index < -0.39 is 0 Å². The van der Waals surface area contributed by atoms with Crippen molar-refractivity contribution in [1.29, 1.82) is 0 Å². The van der Waals surface area contributed by atoms with E-state index >= 15 is 0 Å². The molecule has 0 aliphatic carbocycles. The number of anilines is 2. The van der Waals surface area contributed by atoms with Crippen LogP contribution in [0.15, 0.2) is 9.98 Å². The van der Waals surface area contributed by atoms with Crippen molar-refractivity contribution >= 4 is 29.6 Å². The Balaban J connectivity index is 2.03. The first-order valence-electron chi connectivity index (χ1n) is 12.4. The molecular weight excluding hydrogens is 464 g/mol. The molecule has 2 aliphatic heterocycles. The fourth-order valence-electron chi connectivity index (χ4n) is 4.21. The lowest BCUT2D eigenvalue weighted by Gasteiger charge is -2.36. The van der Waals surface area contributed by atoms with Gasteiger partial charge >= 0.3 is 0 Å². The number of likely N-dealkylation sites (tertiary alicyclic amines) is 1. The summed E-state index contributed by atoms with van der Waals surface area (Å²) in [6, 6.07) is 0. The number of nitrogens with one attached hydrogen (secondary N) is 1. The molecule has 0 spiro atoms. The van der Waals surface area contributed by atoms with Crippen molar-refractivity contribution in [2.24, 2.45) is 9.98 Å². The summed E-state index contributed by atoms with van der Waals surface area (Å²) < 4.78 is 15.9. The zero-order valence-electron chi connectivity index (χ0n) is 22.2. The van der Waals surface area contributed by atoms with Gasteiger partial charge in [0.05, 0.1) is 45.3 Å². The molecule has 0 saturated carbocycles. The van der Waals surface area contributed by atoms with Crippen molar-refractivity contribution in [2.45, 2.75) is 25.9 Å². The third-order valence-corrected chi connectivity index (χ3v) is 6.33. The summed E-state index contributed by atoms with van der Waals surface area (Å²) in [6.07, 6.45) is 3.70. The molecule has 1 amide bonds. The molecule has 12 nitrogen and oxygen atoms in total. The number of carbonyl (C=O) groups excluding carboxylic acids is 1. The van der Waals surface area contributed by atoms with E-state index in [0.29, 0.717) is 62.4 Å². The maximum Gasteiger partial charge on any atom is 0.241 e. The lowest BCUT2D eigenvalue weighted by molar-refractivity contribution is -0.129. The number of nitrogens with zero attached hydrogens (tertiary/aromatic N) is 7. The average molecular weight is 505 g/mol. The average Bonchev–Trinajstić information content (AvgIpc) is 2.89. The maximum absolute atomic E-state index is 12.5. The number of amidine groups is 1. The Hall–Kier alpha value is -2.83. The summed E-state index contributed by atoms with van der Waals surface area (Å²) in [5.41, 5.74) is 1.37. The monoisotopic (exact) mass is 504 g/mol. The van der Waals surface area contributed by atoms with Crippen LogP contribution in [0.4, 0.5) is 11.5 Å². The normalized spacial score (nSPS) is 18.0. The van der Waals surface area contributed by atoms with Gasteiger partial charge in [0.25, 0.3) is 0 Å². The number of likely N-dealkylation sites (N-methyl/N-ethyl adjacent to an activating group) is 1. The Kier molecular flexibility index (Phi) is 10.8. The molecule has 12 heteroatoms. The van der Waals surface area contributed by atoms with Gasteiger partial charge in [-0.2, -0.15) is 0 Å². The summed E-state index contributed by atoms with van der Waals surface area (Å²) >= 11 is 0. The number of piperidine rings is 1. The molecule has 2 saturated heterocycles. The summed E-state index contributed by atoms with van der Waals surface area (Å²) in [6.45, 7) is 7.06. The SMILES string of the molecule is COCCN=CNc1c(C(=NCCOC)N2CCC(OC)CC2)nc(C)nc1N1CCN(C)C(=O)C1. The van der Waals surface area contributed by atoms with Gasteiger partial charge in [-0.25, -0.2) is 9.97 Å². The molecule has 1 aromatic heterocycles. The zero-order valence-corrected chi connectivity index (χ0v) is 22.2. The molecule has 3 heterocycles. The molecule has 0 unspecified atom stereocenters. The number of aliphatic imine (C=N–C) groups is 2. The number of ether oxygens (including phenoxy) is 3. The van der Waals surface area contributed by atoms with E-state index in [1.165, 1.54) is 0 Å². The minimum atomic E-state index is 0.0504. The summed E-state index contributed by atoms with van der Waals surface area (Å²) in [4.78, 5) is 37.4. The molecule has 0 aromatic carbocycles. The van der Waals surface area contributed by atoms with Crippen molar-refractivity contribution in [1.82, 2.24) is 19.8 Å². The Morgan fingerprint density at radius 2 is 1.81 bits per heavy atom. The van der Waals surface area contributed by atoms with Gasteiger partial charge in [-0.15, -0.1) is 0 Å². The van der Waals surface area contributed by atoms with E-state index in [4.69, 9.17) is 29.2 Å². The van der Waals surface area contributed by atoms with Gasteiger partial charge in [0.15, 0.2) is 11.7 Å². The van der Waals surface area contributed by atoms with Gasteiger partial charge in [0.2, 0.25) is 5.91 Å². The fourth-order valence-corrected chi connectivity index (χ4v) is 4.21. The molecule has 2 aliphatic rings. The van der Waals surface area contributed by atoms with E-state index in [0.717, 1.165) is 31.8 Å². The van der Waals surface area contributed by atoms with Crippen LogP contribution in [0.1, 0.15) is 24.4 Å². The van der Waals surface area contributed by atoms with Gasteiger partial charge < -0.3 is 34.2 Å². The summed E-state index contributed by atoms with van der Waals surface area (Å²) in [5, 5.41) is 3.32. The summed E-state index contributed by atoms with van der Waals surface area (Å²) in [5.74, 6) is 2.11. The van der Waals surface area contributed by atoms with Crippen LogP contribution in [0.25, 0.3) is 0 Å². The standard InChI is InChI=1S/C24H40N8O4/c1-18-28-22(23(26-9-15-35-4)31-10-6-19(36-5)7-11-31)21(27-17-25-8-14-34-3)24(29-18)32-13-12-30(2)20(33)16-32/h17,19H,6-16H2,1-5H3,(H,25,27). The van der Waals surface area contributed by atoms with Crippen molar-refractivity contribution in [3.8, 4) is 0 Å². The predicted molar refractivity (Wildman–Crippen MR) is 140 cm³/mol. The number of amides is 1. The Morgan fingerprint density at radius 3 is 2.47 bits per heavy atom. The quantitative estimate of drug-likeness (QED) is 0.263. The van der Waals surface area contributed by atoms with E-state index in [-0.39, 0.29) is 18.6 Å². The number of hydrogen-bond donors (Lipinski definition) is 1. The first kappa shape index (κ1) is 27.8. The molecule has 3 rings (SSSR count). The molecule has 0 atom stereocenters. The minimum Gasteiger partial charge on any atom is -0.383 e. The third kappa shape index (κ3) is 7.34. The molecule has 2 fully saturated rings. The Morgan fingerprint density at radius 1 is 1.08 bits per heavy atom. The van der Waals surface area contributed by atoms with E-state index in [1.54, 1.807) is 32.6 Å². The number of aromatic nitrogens is 2. The molecule has 0 bridgehead atoms. The highest BCUT2D eigenvalue weighted by Crippen LogP contribution is 2.30. The van der Waals surface area contributed by atoms with E-state index in [2.05, 4.69) is 15.2 Å². The Bertz CT molecular complexity index is 918. The Labute approximate surface area is 213 Å². The van der Waals surface area contributed by atoms with Gasteiger partial charge in [-0.3, -0.25) is 14.8 Å². The number of carbonyl (C=O) groups is 1. The van der Waals surface area contributed by atoms with Crippen LogP contribution in [0.3, 0.4) is 0 Å². The molecular formula is C24H40N8O4. The second-order valence-electron chi connectivity index (χ2n) is 8.85. The van der Waals surface area contributed by atoms with Crippen LogP contribution < -0.4 is 10.2 Å². The zero-order chi connectivity index (χ0) is 25.9. The predicted octanol–water partition coefficient (Wildman–Crippen LogP) is 0.654. The third-order valence-electron chi connectivity index (χ3n) is 6.33.